The summed E-state index contributed by atoms with van der Waals surface area (Å²) in [5, 5.41) is 4.43. The van der Waals surface area contributed by atoms with Crippen LogP contribution in [0.25, 0.3) is 10.9 Å². The molecule has 0 saturated carbocycles. The van der Waals surface area contributed by atoms with Crippen molar-refractivity contribution in [2.75, 3.05) is 44.6 Å². The SMILES string of the molecule is CNSc1ccc(N2CCCC2)c(Nc2ncnc3cc(OC)c(OC)cc23)c1. The fraction of sp³-hybridized carbons (Fsp3) is 0.333. The molecule has 3 aromatic rings. The third-order valence-electron chi connectivity index (χ3n) is 5.03. The molecule has 0 atom stereocenters. The summed E-state index contributed by atoms with van der Waals surface area (Å²) in [5.74, 6) is 2.04. The van der Waals surface area contributed by atoms with Gasteiger partial charge in [-0.05, 0) is 56.1 Å². The van der Waals surface area contributed by atoms with Gasteiger partial charge >= 0.3 is 0 Å². The van der Waals surface area contributed by atoms with Crippen molar-refractivity contribution in [3.05, 3.63) is 36.7 Å². The van der Waals surface area contributed by atoms with E-state index in [0.717, 1.165) is 40.4 Å². The van der Waals surface area contributed by atoms with Crippen LogP contribution in [-0.2, 0) is 0 Å². The number of rotatable bonds is 7. The summed E-state index contributed by atoms with van der Waals surface area (Å²) < 4.78 is 14.0. The number of aromatic nitrogens is 2. The Labute approximate surface area is 175 Å². The van der Waals surface area contributed by atoms with Gasteiger partial charge in [0.1, 0.15) is 12.1 Å². The fourth-order valence-corrected chi connectivity index (χ4v) is 4.19. The first-order chi connectivity index (χ1) is 14.2. The summed E-state index contributed by atoms with van der Waals surface area (Å²) in [6.45, 7) is 2.14. The van der Waals surface area contributed by atoms with E-state index >= 15 is 0 Å². The molecule has 2 heterocycles. The highest BCUT2D eigenvalue weighted by molar-refractivity contribution is 7.97. The summed E-state index contributed by atoms with van der Waals surface area (Å²) in [5.41, 5.74) is 3.01. The lowest BCUT2D eigenvalue weighted by Gasteiger charge is -2.23. The van der Waals surface area contributed by atoms with Crippen molar-refractivity contribution in [1.29, 1.82) is 0 Å². The maximum Gasteiger partial charge on any atom is 0.162 e. The third kappa shape index (κ3) is 4.04. The van der Waals surface area contributed by atoms with Crippen LogP contribution < -0.4 is 24.4 Å². The molecular formula is C21H25N5O2S. The normalized spacial score (nSPS) is 13.7. The lowest BCUT2D eigenvalue weighted by Crippen LogP contribution is -2.19. The lowest BCUT2D eigenvalue weighted by molar-refractivity contribution is 0.356. The quantitative estimate of drug-likeness (QED) is 0.560. The Morgan fingerprint density at radius 3 is 2.48 bits per heavy atom. The number of fused-ring (bicyclic) bond motifs is 1. The highest BCUT2D eigenvalue weighted by Gasteiger charge is 2.18. The minimum absolute atomic E-state index is 0.648. The monoisotopic (exact) mass is 411 g/mol. The molecule has 0 amide bonds. The molecule has 0 spiro atoms. The largest absolute Gasteiger partial charge is 0.493 e. The van der Waals surface area contributed by atoms with E-state index in [1.54, 1.807) is 32.5 Å². The highest BCUT2D eigenvalue weighted by Crippen LogP contribution is 2.37. The number of nitrogens with one attached hydrogen (secondary N) is 2. The van der Waals surface area contributed by atoms with Crippen molar-refractivity contribution in [1.82, 2.24) is 14.7 Å². The first-order valence-corrected chi connectivity index (χ1v) is 10.4. The zero-order chi connectivity index (χ0) is 20.2. The van der Waals surface area contributed by atoms with Gasteiger partial charge in [-0.25, -0.2) is 9.97 Å². The van der Waals surface area contributed by atoms with Crippen LogP contribution >= 0.6 is 11.9 Å². The van der Waals surface area contributed by atoms with Crippen molar-refractivity contribution in [3.63, 3.8) is 0 Å². The van der Waals surface area contributed by atoms with Crippen LogP contribution in [0.4, 0.5) is 17.2 Å². The van der Waals surface area contributed by atoms with Gasteiger partial charge in [-0.2, -0.15) is 0 Å². The molecule has 1 aromatic heterocycles. The van der Waals surface area contributed by atoms with E-state index in [0.29, 0.717) is 11.5 Å². The standard InChI is InChI=1S/C21H25N5O2S/c1-22-29-14-6-7-18(26-8-4-5-9-26)17(10-14)25-21-15-11-19(27-2)20(28-3)12-16(15)23-13-24-21/h6-7,10-13,22H,4-5,8-9H2,1-3H3,(H,23,24,25). The molecule has 1 fully saturated rings. The summed E-state index contributed by atoms with van der Waals surface area (Å²) in [4.78, 5) is 12.5. The average molecular weight is 412 g/mol. The van der Waals surface area contributed by atoms with E-state index in [2.05, 4.69) is 43.1 Å². The third-order valence-corrected chi connectivity index (χ3v) is 5.72. The second-order valence-electron chi connectivity index (χ2n) is 6.75. The second-order valence-corrected chi connectivity index (χ2v) is 7.83. The molecule has 0 radical (unpaired) electrons. The van der Waals surface area contributed by atoms with E-state index in [9.17, 15) is 0 Å². The molecule has 0 unspecified atom stereocenters. The molecule has 1 aliphatic heterocycles. The van der Waals surface area contributed by atoms with Crippen LogP contribution in [0.2, 0.25) is 0 Å². The van der Waals surface area contributed by atoms with E-state index < -0.39 is 0 Å². The minimum atomic E-state index is 0.648. The number of nitrogens with zero attached hydrogens (tertiary/aromatic N) is 3. The zero-order valence-electron chi connectivity index (χ0n) is 16.9. The average Bonchev–Trinajstić information content (AvgIpc) is 3.28. The van der Waals surface area contributed by atoms with Gasteiger partial charge in [-0.1, -0.05) is 0 Å². The van der Waals surface area contributed by atoms with Crippen molar-refractivity contribution in [2.24, 2.45) is 0 Å². The molecule has 8 heteroatoms. The molecular weight excluding hydrogens is 386 g/mol. The summed E-state index contributed by atoms with van der Waals surface area (Å²) >= 11 is 1.59. The van der Waals surface area contributed by atoms with Crippen LogP contribution in [0.15, 0.2) is 41.6 Å². The molecule has 0 bridgehead atoms. The molecule has 7 nitrogen and oxygen atoms in total. The Bertz CT molecular complexity index is 1010. The van der Waals surface area contributed by atoms with E-state index in [1.807, 2.05) is 19.2 Å². The van der Waals surface area contributed by atoms with E-state index in [-0.39, 0.29) is 0 Å². The predicted octanol–water partition coefficient (Wildman–Crippen LogP) is 4.22. The topological polar surface area (TPSA) is 71.5 Å². The van der Waals surface area contributed by atoms with Crippen molar-refractivity contribution < 1.29 is 9.47 Å². The molecule has 1 saturated heterocycles. The van der Waals surface area contributed by atoms with Crippen LogP contribution in [0, 0.1) is 0 Å². The molecule has 4 rings (SSSR count). The first-order valence-electron chi connectivity index (χ1n) is 9.60. The number of methoxy groups -OCH3 is 2. The number of anilines is 3. The molecule has 0 aliphatic carbocycles. The van der Waals surface area contributed by atoms with E-state index in [4.69, 9.17) is 9.47 Å². The maximum atomic E-state index is 5.48. The summed E-state index contributed by atoms with van der Waals surface area (Å²) in [6, 6.07) is 10.3. The zero-order valence-corrected chi connectivity index (χ0v) is 17.7. The molecule has 152 valence electrons. The second kappa shape index (κ2) is 8.75. The Morgan fingerprint density at radius 2 is 1.76 bits per heavy atom. The Kier molecular flexibility index (Phi) is 5.92. The first kappa shape index (κ1) is 19.6. The van der Waals surface area contributed by atoms with Gasteiger partial charge in [0, 0.05) is 29.4 Å². The molecule has 2 N–H and O–H groups in total. The molecule has 1 aliphatic rings. The predicted molar refractivity (Wildman–Crippen MR) is 119 cm³/mol. The van der Waals surface area contributed by atoms with Gasteiger partial charge in [0.15, 0.2) is 11.5 Å². The molecule has 29 heavy (non-hydrogen) atoms. The van der Waals surface area contributed by atoms with E-state index in [1.165, 1.54) is 18.5 Å². The van der Waals surface area contributed by atoms with Crippen LogP contribution in [0.5, 0.6) is 11.5 Å². The highest BCUT2D eigenvalue weighted by atomic mass is 32.2. The van der Waals surface area contributed by atoms with Crippen molar-refractivity contribution in [2.45, 2.75) is 17.7 Å². The summed E-state index contributed by atoms with van der Waals surface area (Å²) in [7, 11) is 5.17. The maximum absolute atomic E-state index is 5.48. The smallest absolute Gasteiger partial charge is 0.162 e. The van der Waals surface area contributed by atoms with Crippen LogP contribution in [0.3, 0.4) is 0 Å². The minimum Gasteiger partial charge on any atom is -0.493 e. The van der Waals surface area contributed by atoms with Gasteiger partial charge in [0.25, 0.3) is 0 Å². The Balaban J connectivity index is 1.78. The number of benzene rings is 2. The van der Waals surface area contributed by atoms with Crippen molar-refractivity contribution >= 4 is 40.0 Å². The van der Waals surface area contributed by atoms with Crippen molar-refractivity contribution in [3.8, 4) is 11.5 Å². The van der Waals surface area contributed by atoms with Gasteiger partial charge in [0.2, 0.25) is 0 Å². The Hall–Kier alpha value is -2.71. The lowest BCUT2D eigenvalue weighted by atomic mass is 10.2. The Morgan fingerprint density at radius 1 is 1.00 bits per heavy atom. The fourth-order valence-electron chi connectivity index (χ4n) is 3.64. The number of hydrogen-bond acceptors (Lipinski definition) is 8. The van der Waals surface area contributed by atoms with Gasteiger partial charge in [-0.15, -0.1) is 0 Å². The number of hydrogen-bond donors (Lipinski definition) is 2. The number of ether oxygens (including phenoxy) is 2. The van der Waals surface area contributed by atoms with Gasteiger partial charge < -0.3 is 19.7 Å². The van der Waals surface area contributed by atoms with Gasteiger partial charge in [-0.3, -0.25) is 4.72 Å². The molecule has 2 aromatic carbocycles. The summed E-state index contributed by atoms with van der Waals surface area (Å²) in [6.07, 6.45) is 4.01. The van der Waals surface area contributed by atoms with Crippen LogP contribution in [0.1, 0.15) is 12.8 Å². The van der Waals surface area contributed by atoms with Crippen LogP contribution in [-0.4, -0.2) is 44.3 Å². The van der Waals surface area contributed by atoms with Gasteiger partial charge in [0.05, 0.1) is 31.1 Å².